The van der Waals surface area contributed by atoms with E-state index < -0.39 is 11.2 Å². The van der Waals surface area contributed by atoms with Crippen molar-refractivity contribution in [1.82, 2.24) is 0 Å². The van der Waals surface area contributed by atoms with Crippen LogP contribution >= 0.6 is 0 Å². The van der Waals surface area contributed by atoms with Gasteiger partial charge in [-0.05, 0) is 35.4 Å². The molecule has 0 saturated heterocycles. The summed E-state index contributed by atoms with van der Waals surface area (Å²) in [7, 11) is 2.98. The highest BCUT2D eigenvalue weighted by Gasteiger charge is 2.18. The maximum absolute atomic E-state index is 14.7. The van der Waals surface area contributed by atoms with Crippen LogP contribution in [0.25, 0.3) is 55.7 Å². The van der Waals surface area contributed by atoms with Crippen LogP contribution in [0.4, 0.5) is 10.1 Å². The third-order valence-electron chi connectivity index (χ3n) is 8.32. The largest absolute Gasteiger partial charge is 0.491 e. The summed E-state index contributed by atoms with van der Waals surface area (Å²) in [6.45, 7) is 0.541. The van der Waals surface area contributed by atoms with Crippen molar-refractivity contribution in [3.05, 3.63) is 147 Å². The Bertz CT molecular complexity index is 2510. The smallest absolute Gasteiger partial charge is 0.255 e. The van der Waals surface area contributed by atoms with Gasteiger partial charge in [0.1, 0.15) is 40.7 Å². The number of nitrogens with one attached hydrogen (secondary N) is 1. The van der Waals surface area contributed by atoms with Gasteiger partial charge in [-0.25, -0.2) is 4.39 Å². The van der Waals surface area contributed by atoms with Crippen molar-refractivity contribution in [2.75, 3.05) is 32.8 Å². The standard InChI is InChI=1S/C41H30FNO8/c1-47-18-19-49-29-20-31(42)38-34(45)23-35(50-37(38)21-29)27-12-8-24(9-13-27)25-10-14-28(15-11-25)41(46)43-32-17-16-30-33(44)22-36(26-6-4-3-5-7-26)51-39(30)40(32)48-2/h3-17,20-23H,18-19H2,1-2H3,(H,43,46). The zero-order chi connectivity index (χ0) is 35.5. The molecule has 0 spiro atoms. The highest BCUT2D eigenvalue weighted by molar-refractivity contribution is 6.07. The minimum Gasteiger partial charge on any atom is -0.491 e. The van der Waals surface area contributed by atoms with E-state index in [-0.39, 0.29) is 51.8 Å². The fraction of sp³-hybridized carbons (Fsp3) is 0.0976. The number of rotatable bonds is 10. The molecule has 1 N–H and O–H groups in total. The molecular weight excluding hydrogens is 653 g/mol. The topological polar surface area (TPSA) is 117 Å². The highest BCUT2D eigenvalue weighted by atomic mass is 19.1. The molecule has 0 aliphatic heterocycles. The molecule has 2 heterocycles. The third-order valence-corrected chi connectivity index (χ3v) is 8.32. The molecular formula is C41H30FNO8. The van der Waals surface area contributed by atoms with Gasteiger partial charge in [0, 0.05) is 48.1 Å². The lowest BCUT2D eigenvalue weighted by Gasteiger charge is -2.13. The number of carbonyl (C=O) groups is 1. The summed E-state index contributed by atoms with van der Waals surface area (Å²) in [6, 6.07) is 32.1. The number of benzene rings is 5. The van der Waals surface area contributed by atoms with Crippen molar-refractivity contribution >= 4 is 33.5 Å². The number of fused-ring (bicyclic) bond motifs is 2. The molecule has 254 valence electrons. The van der Waals surface area contributed by atoms with Crippen LogP contribution in [0.15, 0.2) is 134 Å². The molecule has 7 rings (SSSR count). The van der Waals surface area contributed by atoms with Gasteiger partial charge in [0.05, 0.1) is 24.8 Å². The quantitative estimate of drug-likeness (QED) is 0.143. The number of methoxy groups -OCH3 is 2. The number of halogens is 1. The summed E-state index contributed by atoms with van der Waals surface area (Å²) in [4.78, 5) is 39.0. The van der Waals surface area contributed by atoms with Gasteiger partial charge < -0.3 is 28.4 Å². The first kappa shape index (κ1) is 33.0. The van der Waals surface area contributed by atoms with E-state index in [1.807, 2.05) is 54.6 Å². The van der Waals surface area contributed by atoms with Crippen LogP contribution in [0, 0.1) is 5.82 Å². The van der Waals surface area contributed by atoms with Crippen LogP contribution < -0.4 is 25.6 Å². The summed E-state index contributed by atoms with van der Waals surface area (Å²) in [5, 5.41) is 3.05. The summed E-state index contributed by atoms with van der Waals surface area (Å²) < 4.78 is 42.9. The number of anilines is 1. The van der Waals surface area contributed by atoms with E-state index in [0.717, 1.165) is 22.8 Å². The zero-order valence-corrected chi connectivity index (χ0v) is 27.5. The molecule has 0 unspecified atom stereocenters. The van der Waals surface area contributed by atoms with Crippen molar-refractivity contribution in [2.24, 2.45) is 0 Å². The normalized spacial score (nSPS) is 11.1. The van der Waals surface area contributed by atoms with E-state index in [9.17, 15) is 18.8 Å². The summed E-state index contributed by atoms with van der Waals surface area (Å²) in [5.41, 5.74) is 3.37. The Balaban J connectivity index is 1.10. The second-order valence-corrected chi connectivity index (χ2v) is 11.6. The van der Waals surface area contributed by atoms with Gasteiger partial charge in [-0.2, -0.15) is 0 Å². The van der Waals surface area contributed by atoms with Gasteiger partial charge in [0.15, 0.2) is 22.2 Å². The van der Waals surface area contributed by atoms with Crippen molar-refractivity contribution in [3.63, 3.8) is 0 Å². The van der Waals surface area contributed by atoms with Crippen LogP contribution in [-0.2, 0) is 4.74 Å². The van der Waals surface area contributed by atoms with Gasteiger partial charge in [0.2, 0.25) is 0 Å². The fourth-order valence-electron chi connectivity index (χ4n) is 5.76. The summed E-state index contributed by atoms with van der Waals surface area (Å²) in [6.07, 6.45) is 0. The Hall–Kier alpha value is -6.52. The van der Waals surface area contributed by atoms with Crippen LogP contribution in [-0.4, -0.2) is 33.3 Å². The van der Waals surface area contributed by atoms with Crippen molar-refractivity contribution in [2.45, 2.75) is 0 Å². The van der Waals surface area contributed by atoms with Crippen molar-refractivity contribution < 1.29 is 32.2 Å². The minimum atomic E-state index is -0.727. The Morgan fingerprint density at radius 1 is 0.706 bits per heavy atom. The predicted octanol–water partition coefficient (Wildman–Crippen LogP) is 8.33. The maximum atomic E-state index is 14.7. The van der Waals surface area contributed by atoms with E-state index in [1.54, 1.807) is 36.4 Å². The monoisotopic (exact) mass is 683 g/mol. The summed E-state index contributed by atoms with van der Waals surface area (Å²) in [5.74, 6) is 0.0108. The van der Waals surface area contributed by atoms with E-state index in [4.69, 9.17) is 23.0 Å². The molecule has 1 amide bonds. The van der Waals surface area contributed by atoms with Crippen molar-refractivity contribution in [3.8, 4) is 45.3 Å². The Morgan fingerprint density at radius 2 is 1.35 bits per heavy atom. The first-order chi connectivity index (χ1) is 24.8. The zero-order valence-electron chi connectivity index (χ0n) is 27.5. The highest BCUT2D eigenvalue weighted by Crippen LogP contribution is 2.35. The number of hydrogen-bond donors (Lipinski definition) is 1. The van der Waals surface area contributed by atoms with Gasteiger partial charge in [-0.1, -0.05) is 66.7 Å². The Kier molecular flexibility index (Phi) is 9.15. The van der Waals surface area contributed by atoms with Gasteiger partial charge in [-0.15, -0.1) is 0 Å². The maximum Gasteiger partial charge on any atom is 0.255 e. The van der Waals surface area contributed by atoms with Crippen LogP contribution in [0.1, 0.15) is 10.4 Å². The molecule has 7 aromatic rings. The second-order valence-electron chi connectivity index (χ2n) is 11.6. The van der Waals surface area contributed by atoms with Gasteiger partial charge in [0.25, 0.3) is 5.91 Å². The Morgan fingerprint density at radius 3 is 2.06 bits per heavy atom. The number of hydrogen-bond acceptors (Lipinski definition) is 8. The molecule has 0 saturated carbocycles. The lowest BCUT2D eigenvalue weighted by Crippen LogP contribution is -2.13. The number of carbonyl (C=O) groups excluding carboxylic acids is 1. The van der Waals surface area contributed by atoms with E-state index in [0.29, 0.717) is 34.6 Å². The molecule has 0 fully saturated rings. The molecule has 2 aromatic heterocycles. The molecule has 0 atom stereocenters. The molecule has 0 aliphatic carbocycles. The van der Waals surface area contributed by atoms with E-state index in [2.05, 4.69) is 5.32 Å². The molecule has 0 bridgehead atoms. The summed E-state index contributed by atoms with van der Waals surface area (Å²) >= 11 is 0. The molecule has 0 radical (unpaired) electrons. The third kappa shape index (κ3) is 6.72. The molecule has 10 heteroatoms. The van der Waals surface area contributed by atoms with Crippen LogP contribution in [0.5, 0.6) is 11.5 Å². The SMILES string of the molecule is COCCOc1cc(F)c2c(=O)cc(-c3ccc(-c4ccc(C(=O)Nc5ccc6c(=O)cc(-c7ccccc7)oc6c5OC)cc4)cc3)oc2c1. The Labute approximate surface area is 290 Å². The lowest BCUT2D eigenvalue weighted by molar-refractivity contribution is 0.102. The van der Waals surface area contributed by atoms with Gasteiger partial charge >= 0.3 is 0 Å². The van der Waals surface area contributed by atoms with Gasteiger partial charge in [-0.3, -0.25) is 14.4 Å². The van der Waals surface area contributed by atoms with E-state index in [1.165, 1.54) is 32.4 Å². The average Bonchev–Trinajstić information content (AvgIpc) is 3.15. The number of amides is 1. The van der Waals surface area contributed by atoms with E-state index >= 15 is 0 Å². The lowest BCUT2D eigenvalue weighted by atomic mass is 10.0. The molecule has 9 nitrogen and oxygen atoms in total. The van der Waals surface area contributed by atoms with Crippen LogP contribution in [0.3, 0.4) is 0 Å². The second kappa shape index (κ2) is 14.1. The number of ether oxygens (including phenoxy) is 3. The van der Waals surface area contributed by atoms with Crippen LogP contribution in [0.2, 0.25) is 0 Å². The first-order valence-electron chi connectivity index (χ1n) is 15.9. The molecule has 0 aliphatic rings. The molecule has 5 aromatic carbocycles. The predicted molar refractivity (Wildman–Crippen MR) is 193 cm³/mol. The average molecular weight is 684 g/mol. The van der Waals surface area contributed by atoms with Crippen molar-refractivity contribution in [1.29, 1.82) is 0 Å². The minimum absolute atomic E-state index is 0.0747. The molecule has 51 heavy (non-hydrogen) atoms. The first-order valence-corrected chi connectivity index (χ1v) is 15.9. The fourth-order valence-corrected chi connectivity index (χ4v) is 5.76.